The predicted octanol–water partition coefficient (Wildman–Crippen LogP) is 9.02. The van der Waals surface area contributed by atoms with Crippen molar-refractivity contribution in [2.45, 2.75) is 130 Å². The number of imide groups is 1. The number of aryl methyl sites for hydroxylation is 1. The van der Waals surface area contributed by atoms with Crippen molar-refractivity contribution < 1.29 is 23.9 Å². The van der Waals surface area contributed by atoms with Gasteiger partial charge >= 0.3 is 5.97 Å². The molecule has 2 aromatic heterocycles. The molecule has 1 unspecified atom stereocenters. The summed E-state index contributed by atoms with van der Waals surface area (Å²) in [5.41, 5.74) is 10.3. The van der Waals surface area contributed by atoms with E-state index in [0.29, 0.717) is 48.3 Å². The first-order chi connectivity index (χ1) is 24.9. The van der Waals surface area contributed by atoms with Crippen molar-refractivity contribution in [1.29, 1.82) is 0 Å². The number of amides is 2. The second-order valence-electron chi connectivity index (χ2n) is 14.9. The molecular weight excluding hydrogens is 656 g/mol. The molecular formula is C42H55N5O5. The van der Waals surface area contributed by atoms with Gasteiger partial charge in [0.1, 0.15) is 0 Å². The molecule has 0 fully saturated rings. The van der Waals surface area contributed by atoms with E-state index in [9.17, 15) is 14.4 Å². The van der Waals surface area contributed by atoms with Crippen molar-refractivity contribution in [1.82, 2.24) is 24.8 Å². The molecule has 0 aliphatic carbocycles. The minimum Gasteiger partial charge on any atom is -0.469 e. The molecule has 278 valence electrons. The van der Waals surface area contributed by atoms with E-state index < -0.39 is 0 Å². The lowest BCUT2D eigenvalue weighted by molar-refractivity contribution is -0.140. The number of carbonyl (C=O) groups excluding carboxylic acids is 3. The first kappa shape index (κ1) is 37.4. The highest BCUT2D eigenvalue weighted by Crippen LogP contribution is 2.45. The lowest BCUT2D eigenvalue weighted by Crippen LogP contribution is -2.41. The number of H-pyrrole nitrogens is 2. The molecule has 0 spiro atoms. The minimum absolute atomic E-state index is 0.138. The molecule has 4 aliphatic heterocycles. The SMILES string of the molecule is CCCCN1C(=O)c2c3nc(cc4nc(cc5[nH]c(cc6[nH]c2c(c6C)C1=O)[C@H](CC)[C@H]5C)C(C(C)O[14CH2]CCC)=C4C)[C@@H](C)[C@@H]3CCC(=O)OC. The van der Waals surface area contributed by atoms with Crippen LogP contribution in [0.25, 0.3) is 22.2 Å². The Hall–Kier alpha value is -4.31. The molecule has 2 amide bonds. The first-order valence-electron chi connectivity index (χ1n) is 19.3. The highest BCUT2D eigenvalue weighted by atomic mass is 16.7. The van der Waals surface area contributed by atoms with Crippen LogP contribution in [0.1, 0.15) is 178 Å². The van der Waals surface area contributed by atoms with E-state index >= 15 is 0 Å². The number of unbranched alkanes of at least 4 members (excludes halogenated alkanes) is 2. The summed E-state index contributed by atoms with van der Waals surface area (Å²) in [6, 6.07) is 6.34. The van der Waals surface area contributed by atoms with Crippen molar-refractivity contribution in [2.24, 2.45) is 0 Å². The number of aromatic nitrogens is 4. The normalized spacial score (nSPS) is 21.1. The van der Waals surface area contributed by atoms with Crippen molar-refractivity contribution in [2.75, 3.05) is 20.3 Å². The van der Waals surface area contributed by atoms with Crippen LogP contribution in [-0.2, 0) is 14.3 Å². The molecule has 4 aliphatic rings. The lowest BCUT2D eigenvalue weighted by atomic mass is 9.84. The molecule has 2 aromatic rings. The van der Waals surface area contributed by atoms with Crippen LogP contribution in [0.4, 0.5) is 0 Å². The van der Waals surface area contributed by atoms with Gasteiger partial charge in [0.25, 0.3) is 11.8 Å². The monoisotopic (exact) mass is 711 g/mol. The Balaban J connectivity index is 1.72. The van der Waals surface area contributed by atoms with E-state index in [-0.39, 0.29) is 54.0 Å². The standard InChI is InChI=1S/C42H55N5O5/c1-10-13-17-47-41(49)37-25(7)32-20-33-27(12-3)22(4)29(43-33)21-34-36(26(8)52-18-14-11-2)24(6)31(44-34)19-30-23(5)28(15-16-35(48)51-9)39(45-30)38(42(47)50)40(37)46-32/h19-23,26-28,43,46H,10-18H2,1-9H3/t22-,23+,26?,27-,28+/m1/s1/i18+2. The number of hydrogen-bond acceptors (Lipinski definition) is 7. The van der Waals surface area contributed by atoms with Crippen molar-refractivity contribution in [3.63, 3.8) is 0 Å². The number of nitrogens with one attached hydrogen (secondary N) is 2. The minimum atomic E-state index is -0.350. The van der Waals surface area contributed by atoms with Crippen LogP contribution < -0.4 is 0 Å². The number of ether oxygens (including phenoxy) is 2. The average Bonchev–Trinajstić information content (AvgIpc) is 3.80. The highest BCUT2D eigenvalue weighted by Gasteiger charge is 2.41. The summed E-state index contributed by atoms with van der Waals surface area (Å²) in [5, 5.41) is 0. The molecule has 6 rings (SSSR count). The van der Waals surface area contributed by atoms with Crippen LogP contribution in [0.2, 0.25) is 0 Å². The van der Waals surface area contributed by atoms with E-state index in [1.165, 1.54) is 12.0 Å². The van der Waals surface area contributed by atoms with Gasteiger partial charge in [0.15, 0.2) is 0 Å². The number of esters is 1. The number of aromatic amines is 2. The Morgan fingerprint density at radius 1 is 0.942 bits per heavy atom. The van der Waals surface area contributed by atoms with Gasteiger partial charge in [-0.1, -0.05) is 47.5 Å². The predicted molar refractivity (Wildman–Crippen MR) is 204 cm³/mol. The largest absolute Gasteiger partial charge is 0.469 e. The molecule has 6 heterocycles. The fourth-order valence-electron chi connectivity index (χ4n) is 8.41. The quantitative estimate of drug-likeness (QED) is 0.128. The Kier molecular flexibility index (Phi) is 11.1. The number of allylic oxidation sites excluding steroid dienone is 1. The number of rotatable bonds is 12. The maximum Gasteiger partial charge on any atom is 0.305 e. The van der Waals surface area contributed by atoms with E-state index in [2.05, 4.69) is 63.6 Å². The highest BCUT2D eigenvalue weighted by molar-refractivity contribution is 6.23. The van der Waals surface area contributed by atoms with Crippen LogP contribution >= 0.6 is 0 Å². The second kappa shape index (κ2) is 15.3. The summed E-state index contributed by atoms with van der Waals surface area (Å²) < 4.78 is 11.4. The fraction of sp³-hybridized carbons (Fsp3) is 0.548. The fourth-order valence-corrected chi connectivity index (χ4v) is 8.41. The van der Waals surface area contributed by atoms with Crippen LogP contribution in [0.5, 0.6) is 0 Å². The first-order valence-corrected chi connectivity index (χ1v) is 19.3. The van der Waals surface area contributed by atoms with Crippen LogP contribution in [0, 0.1) is 6.92 Å². The third-order valence-electron chi connectivity index (χ3n) is 11.7. The van der Waals surface area contributed by atoms with Gasteiger partial charge in [0.05, 0.1) is 46.9 Å². The van der Waals surface area contributed by atoms with E-state index in [4.69, 9.17) is 19.4 Å². The van der Waals surface area contributed by atoms with E-state index in [1.807, 2.05) is 19.9 Å². The summed E-state index contributed by atoms with van der Waals surface area (Å²) in [6.07, 6.45) is 4.94. The van der Waals surface area contributed by atoms with Crippen LogP contribution in [0.15, 0.2) is 18.2 Å². The van der Waals surface area contributed by atoms with E-state index in [1.54, 1.807) is 0 Å². The van der Waals surface area contributed by atoms with Gasteiger partial charge < -0.3 is 19.4 Å². The smallest absolute Gasteiger partial charge is 0.305 e. The molecule has 0 aromatic carbocycles. The Labute approximate surface area is 307 Å². The summed E-state index contributed by atoms with van der Waals surface area (Å²) >= 11 is 0. The van der Waals surface area contributed by atoms with Crippen LogP contribution in [-0.4, -0.2) is 69.0 Å². The third-order valence-corrected chi connectivity index (χ3v) is 11.7. The molecule has 10 heteroatoms. The zero-order chi connectivity index (χ0) is 37.4. The lowest BCUT2D eigenvalue weighted by Gasteiger charge is -2.27. The van der Waals surface area contributed by atoms with E-state index in [0.717, 1.165) is 76.4 Å². The van der Waals surface area contributed by atoms with Gasteiger partial charge in [0.2, 0.25) is 0 Å². The van der Waals surface area contributed by atoms with Gasteiger partial charge in [-0.25, -0.2) is 4.98 Å². The average molecular weight is 712 g/mol. The van der Waals surface area contributed by atoms with Gasteiger partial charge in [-0.2, -0.15) is 0 Å². The number of nitrogens with zero attached hydrogens (tertiary/aromatic N) is 3. The molecule has 0 saturated carbocycles. The number of hydrogen-bond donors (Lipinski definition) is 2. The molecule has 8 bridgehead atoms. The second-order valence-corrected chi connectivity index (χ2v) is 14.9. The molecule has 5 atom stereocenters. The zero-order valence-corrected chi connectivity index (χ0v) is 32.4. The summed E-state index contributed by atoms with van der Waals surface area (Å²) in [5.74, 6) is -0.941. The van der Waals surface area contributed by atoms with Crippen molar-refractivity contribution in [3.05, 3.63) is 69.1 Å². The van der Waals surface area contributed by atoms with Crippen molar-refractivity contribution in [3.8, 4) is 0 Å². The number of carbonyl (C=O) groups is 3. The molecule has 0 saturated heterocycles. The number of methoxy groups -OCH3 is 1. The van der Waals surface area contributed by atoms with Gasteiger partial charge in [-0.3, -0.25) is 24.3 Å². The summed E-state index contributed by atoms with van der Waals surface area (Å²) in [6.45, 7) is 17.9. The number of fused-ring (bicyclic) bond motifs is 8. The maximum atomic E-state index is 14.6. The molecule has 10 nitrogen and oxygen atoms in total. The van der Waals surface area contributed by atoms with Gasteiger partial charge in [0, 0.05) is 71.4 Å². The maximum absolute atomic E-state index is 14.6. The Bertz CT molecular complexity index is 1990. The van der Waals surface area contributed by atoms with Gasteiger partial charge in [-0.15, -0.1) is 0 Å². The topological polar surface area (TPSA) is 130 Å². The molecule has 2 N–H and O–H groups in total. The third kappa shape index (κ3) is 6.59. The van der Waals surface area contributed by atoms with Crippen molar-refractivity contribution >= 4 is 40.0 Å². The van der Waals surface area contributed by atoms with Gasteiger partial charge in [-0.05, 0) is 75.8 Å². The van der Waals surface area contributed by atoms with Crippen LogP contribution in [0.3, 0.4) is 0 Å². The summed E-state index contributed by atoms with van der Waals surface area (Å²) in [7, 11) is 1.39. The Morgan fingerprint density at radius 3 is 2.38 bits per heavy atom. The Morgan fingerprint density at radius 2 is 1.69 bits per heavy atom. The summed E-state index contributed by atoms with van der Waals surface area (Å²) in [4.78, 5) is 60.5. The zero-order valence-electron chi connectivity index (χ0n) is 32.4. The molecule has 52 heavy (non-hydrogen) atoms. The molecule has 0 radical (unpaired) electrons.